The largest absolute Gasteiger partial charge is 0.495 e. The Hall–Kier alpha value is -3.26. The number of para-hydroxylation sites is 3. The van der Waals surface area contributed by atoms with Crippen molar-refractivity contribution in [1.82, 2.24) is 4.90 Å². The number of nitrogens with zero attached hydrogens (tertiary/aromatic N) is 2. The standard InChI is InChI=1S/C24H31N3O5/c1-18(28)32-20(17-31-22-9-5-3-7-19(22)15-24(25)29)16-26-11-13-27(14-12-26)21-8-4-6-10-23(21)30-2/h3-10,20H,11-17H2,1-2H3,(H2,25,29). The van der Waals surface area contributed by atoms with Crippen LogP contribution in [0.4, 0.5) is 5.69 Å². The zero-order valence-electron chi connectivity index (χ0n) is 18.7. The SMILES string of the molecule is COc1ccccc1N1CCN(CC(COc2ccccc2CC(N)=O)OC(C)=O)CC1. The molecule has 1 fully saturated rings. The fraction of sp³-hybridized carbons (Fsp3) is 0.417. The minimum atomic E-state index is -0.425. The summed E-state index contributed by atoms with van der Waals surface area (Å²) in [5.41, 5.74) is 7.13. The van der Waals surface area contributed by atoms with Gasteiger partial charge < -0.3 is 24.8 Å². The number of hydrogen-bond acceptors (Lipinski definition) is 7. The number of esters is 1. The van der Waals surface area contributed by atoms with Crippen molar-refractivity contribution in [1.29, 1.82) is 0 Å². The first-order valence-corrected chi connectivity index (χ1v) is 10.7. The molecule has 1 amide bonds. The highest BCUT2D eigenvalue weighted by Crippen LogP contribution is 2.28. The Labute approximate surface area is 188 Å². The van der Waals surface area contributed by atoms with Gasteiger partial charge >= 0.3 is 5.97 Å². The monoisotopic (exact) mass is 441 g/mol. The van der Waals surface area contributed by atoms with Gasteiger partial charge in [-0.1, -0.05) is 30.3 Å². The molecular weight excluding hydrogens is 410 g/mol. The maximum Gasteiger partial charge on any atom is 0.303 e. The number of primary amides is 1. The summed E-state index contributed by atoms with van der Waals surface area (Å²) in [6, 6.07) is 15.2. The average molecular weight is 442 g/mol. The first-order valence-electron chi connectivity index (χ1n) is 10.7. The lowest BCUT2D eigenvalue weighted by atomic mass is 10.1. The molecule has 3 rings (SSSR count). The van der Waals surface area contributed by atoms with E-state index in [2.05, 4.69) is 15.9 Å². The van der Waals surface area contributed by atoms with Gasteiger partial charge in [-0.3, -0.25) is 14.5 Å². The second kappa shape index (κ2) is 11.4. The van der Waals surface area contributed by atoms with Crippen LogP contribution in [0.3, 0.4) is 0 Å². The summed E-state index contributed by atoms with van der Waals surface area (Å²) in [6.07, 6.45) is -0.328. The third-order valence-corrected chi connectivity index (χ3v) is 5.35. The molecule has 1 heterocycles. The maximum atomic E-state index is 11.6. The normalized spacial score (nSPS) is 15.1. The van der Waals surface area contributed by atoms with E-state index in [4.69, 9.17) is 19.9 Å². The lowest BCUT2D eigenvalue weighted by Crippen LogP contribution is -2.50. The fourth-order valence-corrected chi connectivity index (χ4v) is 3.87. The Kier molecular flexibility index (Phi) is 8.33. The Balaban J connectivity index is 1.57. The average Bonchev–Trinajstić information content (AvgIpc) is 2.78. The number of carbonyl (C=O) groups is 2. The lowest BCUT2D eigenvalue weighted by molar-refractivity contribution is -0.148. The molecule has 0 bridgehead atoms. The topological polar surface area (TPSA) is 94.3 Å². The maximum absolute atomic E-state index is 11.6. The van der Waals surface area contributed by atoms with E-state index in [0.717, 1.165) is 37.6 Å². The quantitative estimate of drug-likeness (QED) is 0.563. The van der Waals surface area contributed by atoms with E-state index in [0.29, 0.717) is 17.9 Å². The van der Waals surface area contributed by atoms with E-state index in [1.165, 1.54) is 6.92 Å². The van der Waals surface area contributed by atoms with Gasteiger partial charge in [0.05, 0.1) is 19.2 Å². The van der Waals surface area contributed by atoms with Crippen LogP contribution in [0.25, 0.3) is 0 Å². The molecule has 1 atom stereocenters. The van der Waals surface area contributed by atoms with E-state index in [1.807, 2.05) is 30.3 Å². The van der Waals surface area contributed by atoms with Gasteiger partial charge in [-0.15, -0.1) is 0 Å². The van der Waals surface area contributed by atoms with E-state index >= 15 is 0 Å². The zero-order chi connectivity index (χ0) is 22.9. The number of ether oxygens (including phenoxy) is 3. The summed E-state index contributed by atoms with van der Waals surface area (Å²) < 4.78 is 16.9. The van der Waals surface area contributed by atoms with Crippen LogP contribution in [-0.2, 0) is 20.7 Å². The molecule has 8 nitrogen and oxygen atoms in total. The molecule has 1 unspecified atom stereocenters. The summed E-state index contributed by atoms with van der Waals surface area (Å²) in [4.78, 5) is 27.5. The number of anilines is 1. The summed E-state index contributed by atoms with van der Waals surface area (Å²) in [5, 5.41) is 0. The Morgan fingerprint density at radius 3 is 2.31 bits per heavy atom. The van der Waals surface area contributed by atoms with E-state index in [9.17, 15) is 9.59 Å². The van der Waals surface area contributed by atoms with Crippen molar-refractivity contribution < 1.29 is 23.8 Å². The van der Waals surface area contributed by atoms with Crippen LogP contribution in [0, 0.1) is 0 Å². The summed E-state index contributed by atoms with van der Waals surface area (Å²) in [5.74, 6) is 0.661. The fourth-order valence-electron chi connectivity index (χ4n) is 3.87. The number of piperazine rings is 1. The van der Waals surface area contributed by atoms with E-state index < -0.39 is 12.0 Å². The molecular formula is C24H31N3O5. The van der Waals surface area contributed by atoms with Gasteiger partial charge in [0, 0.05) is 45.2 Å². The van der Waals surface area contributed by atoms with Crippen LogP contribution in [0.5, 0.6) is 11.5 Å². The molecule has 2 N–H and O–H groups in total. The first kappa shape index (κ1) is 23.4. The van der Waals surface area contributed by atoms with Gasteiger partial charge in [0.25, 0.3) is 0 Å². The van der Waals surface area contributed by atoms with Crippen molar-refractivity contribution in [2.45, 2.75) is 19.4 Å². The number of carbonyl (C=O) groups excluding carboxylic acids is 2. The van der Waals surface area contributed by atoms with Crippen molar-refractivity contribution in [3.8, 4) is 11.5 Å². The molecule has 1 saturated heterocycles. The lowest BCUT2D eigenvalue weighted by Gasteiger charge is -2.37. The first-order chi connectivity index (χ1) is 15.5. The van der Waals surface area contributed by atoms with Crippen LogP contribution < -0.4 is 20.1 Å². The van der Waals surface area contributed by atoms with Gasteiger partial charge in [0.1, 0.15) is 24.2 Å². The number of methoxy groups -OCH3 is 1. The number of amides is 1. The predicted molar refractivity (Wildman–Crippen MR) is 122 cm³/mol. The Bertz CT molecular complexity index is 912. The Morgan fingerprint density at radius 2 is 1.66 bits per heavy atom. The molecule has 0 saturated carbocycles. The highest BCUT2D eigenvalue weighted by Gasteiger charge is 2.24. The zero-order valence-corrected chi connectivity index (χ0v) is 18.7. The van der Waals surface area contributed by atoms with E-state index in [-0.39, 0.29) is 19.0 Å². The molecule has 2 aromatic carbocycles. The van der Waals surface area contributed by atoms with Gasteiger partial charge in [0.2, 0.25) is 5.91 Å². The summed E-state index contributed by atoms with van der Waals surface area (Å²) in [7, 11) is 1.68. The third kappa shape index (κ3) is 6.62. The van der Waals surface area contributed by atoms with Gasteiger partial charge in [-0.2, -0.15) is 0 Å². The van der Waals surface area contributed by atoms with E-state index in [1.54, 1.807) is 19.2 Å². The van der Waals surface area contributed by atoms with Crippen LogP contribution in [0.1, 0.15) is 12.5 Å². The molecule has 2 aromatic rings. The highest BCUT2D eigenvalue weighted by molar-refractivity contribution is 5.77. The third-order valence-electron chi connectivity index (χ3n) is 5.35. The van der Waals surface area contributed by atoms with Crippen LogP contribution >= 0.6 is 0 Å². The minimum Gasteiger partial charge on any atom is -0.495 e. The second-order valence-electron chi connectivity index (χ2n) is 7.75. The molecule has 0 aromatic heterocycles. The smallest absolute Gasteiger partial charge is 0.303 e. The van der Waals surface area contributed by atoms with Crippen LogP contribution in [0.2, 0.25) is 0 Å². The Morgan fingerprint density at radius 1 is 1.00 bits per heavy atom. The summed E-state index contributed by atoms with van der Waals surface area (Å²) >= 11 is 0. The summed E-state index contributed by atoms with van der Waals surface area (Å²) in [6.45, 7) is 5.50. The van der Waals surface area contributed by atoms with Gasteiger partial charge in [-0.25, -0.2) is 0 Å². The number of nitrogens with two attached hydrogens (primary N) is 1. The second-order valence-corrected chi connectivity index (χ2v) is 7.75. The van der Waals surface area contributed by atoms with Crippen molar-refractivity contribution in [3.63, 3.8) is 0 Å². The molecule has 0 spiro atoms. The van der Waals surface area contributed by atoms with Gasteiger partial charge in [-0.05, 0) is 18.2 Å². The number of benzene rings is 2. The number of rotatable bonds is 10. The predicted octanol–water partition coefficient (Wildman–Crippen LogP) is 1.86. The van der Waals surface area contributed by atoms with Crippen LogP contribution in [-0.4, -0.2) is 69.3 Å². The molecule has 8 heteroatoms. The molecule has 1 aliphatic rings. The number of hydrogen-bond donors (Lipinski definition) is 1. The molecule has 0 aliphatic carbocycles. The van der Waals surface area contributed by atoms with Gasteiger partial charge in [0.15, 0.2) is 0 Å². The molecule has 0 radical (unpaired) electrons. The van der Waals surface area contributed by atoms with Crippen molar-refractivity contribution in [2.24, 2.45) is 5.73 Å². The highest BCUT2D eigenvalue weighted by atomic mass is 16.6. The van der Waals surface area contributed by atoms with Crippen molar-refractivity contribution >= 4 is 17.6 Å². The van der Waals surface area contributed by atoms with Crippen molar-refractivity contribution in [3.05, 3.63) is 54.1 Å². The molecule has 32 heavy (non-hydrogen) atoms. The van der Waals surface area contributed by atoms with Crippen LogP contribution in [0.15, 0.2) is 48.5 Å². The minimum absolute atomic E-state index is 0.0965. The van der Waals surface area contributed by atoms with Crippen molar-refractivity contribution in [2.75, 3.05) is 51.3 Å². The molecule has 1 aliphatic heterocycles. The molecule has 172 valence electrons.